The molecule has 2 rings (SSSR count). The van der Waals surface area contributed by atoms with Crippen LogP contribution in [0.15, 0.2) is 30.3 Å². The normalized spacial score (nSPS) is 24.2. The van der Waals surface area contributed by atoms with Crippen LogP contribution in [0.3, 0.4) is 0 Å². The Morgan fingerprint density at radius 2 is 2.18 bits per heavy atom. The summed E-state index contributed by atoms with van der Waals surface area (Å²) in [6.45, 7) is 5.49. The van der Waals surface area contributed by atoms with E-state index in [1.54, 1.807) is 0 Å². The first kappa shape index (κ1) is 12.6. The van der Waals surface area contributed by atoms with Crippen molar-refractivity contribution in [1.82, 2.24) is 10.2 Å². The minimum absolute atomic E-state index is 0.212. The van der Waals surface area contributed by atoms with Gasteiger partial charge in [0.1, 0.15) is 0 Å². The molecule has 3 nitrogen and oxygen atoms in total. The fourth-order valence-electron chi connectivity index (χ4n) is 2.44. The summed E-state index contributed by atoms with van der Waals surface area (Å²) >= 11 is 0. The molecule has 0 saturated carbocycles. The highest BCUT2D eigenvalue weighted by Crippen LogP contribution is 2.21. The first-order valence-corrected chi connectivity index (χ1v) is 6.44. The first-order chi connectivity index (χ1) is 8.31. The van der Waals surface area contributed by atoms with E-state index in [-0.39, 0.29) is 12.6 Å². The van der Waals surface area contributed by atoms with Crippen LogP contribution in [0.5, 0.6) is 0 Å². The molecule has 0 aromatic heterocycles. The van der Waals surface area contributed by atoms with Gasteiger partial charge in [-0.15, -0.1) is 0 Å². The third-order valence-corrected chi connectivity index (χ3v) is 3.56. The molecule has 17 heavy (non-hydrogen) atoms. The Kier molecular flexibility index (Phi) is 4.54. The Balaban J connectivity index is 2.05. The van der Waals surface area contributed by atoms with Gasteiger partial charge in [0.2, 0.25) is 0 Å². The quantitative estimate of drug-likeness (QED) is 0.830. The molecular weight excluding hydrogens is 212 g/mol. The van der Waals surface area contributed by atoms with E-state index in [1.807, 2.05) is 0 Å². The highest BCUT2D eigenvalue weighted by molar-refractivity contribution is 5.18. The second-order valence-corrected chi connectivity index (χ2v) is 4.77. The van der Waals surface area contributed by atoms with Crippen molar-refractivity contribution in [2.45, 2.75) is 25.4 Å². The topological polar surface area (TPSA) is 35.5 Å². The molecule has 0 bridgehead atoms. The lowest BCUT2D eigenvalue weighted by atomic mass is 10.1. The molecule has 1 aromatic carbocycles. The van der Waals surface area contributed by atoms with Crippen molar-refractivity contribution in [2.75, 3.05) is 26.2 Å². The summed E-state index contributed by atoms with van der Waals surface area (Å²) < 4.78 is 0. The van der Waals surface area contributed by atoms with Crippen LogP contribution in [0.4, 0.5) is 0 Å². The molecule has 1 aliphatic rings. The number of aliphatic hydroxyl groups is 1. The molecule has 0 radical (unpaired) electrons. The van der Waals surface area contributed by atoms with Gasteiger partial charge in [0, 0.05) is 25.2 Å². The summed E-state index contributed by atoms with van der Waals surface area (Å²) in [6, 6.07) is 11.2. The maximum absolute atomic E-state index is 9.30. The Labute approximate surface area is 103 Å². The Hall–Kier alpha value is -0.900. The highest BCUT2D eigenvalue weighted by atomic mass is 16.3. The van der Waals surface area contributed by atoms with Gasteiger partial charge in [0.15, 0.2) is 0 Å². The fraction of sp³-hybridized carbons (Fsp3) is 0.571. The molecule has 0 spiro atoms. The molecule has 2 atom stereocenters. The van der Waals surface area contributed by atoms with E-state index in [4.69, 9.17) is 0 Å². The van der Waals surface area contributed by atoms with Crippen LogP contribution in [-0.4, -0.2) is 42.3 Å². The number of hydrogen-bond donors (Lipinski definition) is 2. The second kappa shape index (κ2) is 6.15. The average Bonchev–Trinajstić information content (AvgIpc) is 2.64. The average molecular weight is 234 g/mol. The van der Waals surface area contributed by atoms with Crippen molar-refractivity contribution >= 4 is 0 Å². The minimum Gasteiger partial charge on any atom is -0.395 e. The van der Waals surface area contributed by atoms with Crippen LogP contribution in [0.25, 0.3) is 0 Å². The fourth-order valence-corrected chi connectivity index (χ4v) is 2.44. The molecule has 0 aliphatic carbocycles. The van der Waals surface area contributed by atoms with Crippen molar-refractivity contribution in [3.05, 3.63) is 35.9 Å². The SMILES string of the molecule is CC(c1ccccc1)N1CCCNC(CO)C1. The van der Waals surface area contributed by atoms with Crippen LogP contribution in [0, 0.1) is 0 Å². The van der Waals surface area contributed by atoms with Gasteiger partial charge in [-0.25, -0.2) is 0 Å². The van der Waals surface area contributed by atoms with Crippen molar-refractivity contribution in [1.29, 1.82) is 0 Å². The Bertz CT molecular complexity index is 328. The molecule has 1 fully saturated rings. The number of nitrogens with one attached hydrogen (secondary N) is 1. The molecule has 1 heterocycles. The first-order valence-electron chi connectivity index (χ1n) is 6.44. The highest BCUT2D eigenvalue weighted by Gasteiger charge is 2.21. The summed E-state index contributed by atoms with van der Waals surface area (Å²) in [4.78, 5) is 2.45. The number of nitrogens with zero attached hydrogens (tertiary/aromatic N) is 1. The summed E-state index contributed by atoms with van der Waals surface area (Å²) in [5, 5.41) is 12.7. The molecule has 1 saturated heterocycles. The van der Waals surface area contributed by atoms with E-state index in [2.05, 4.69) is 47.5 Å². The molecule has 1 aromatic rings. The lowest BCUT2D eigenvalue weighted by Gasteiger charge is -2.29. The van der Waals surface area contributed by atoms with Crippen molar-refractivity contribution < 1.29 is 5.11 Å². The van der Waals surface area contributed by atoms with Crippen LogP contribution >= 0.6 is 0 Å². The zero-order chi connectivity index (χ0) is 12.1. The predicted molar refractivity (Wildman–Crippen MR) is 69.9 cm³/mol. The summed E-state index contributed by atoms with van der Waals surface area (Å²) in [7, 11) is 0. The lowest BCUT2D eigenvalue weighted by Crippen LogP contribution is -2.41. The van der Waals surface area contributed by atoms with Gasteiger partial charge in [-0.05, 0) is 25.5 Å². The number of rotatable bonds is 3. The monoisotopic (exact) mass is 234 g/mol. The lowest BCUT2D eigenvalue weighted by molar-refractivity contribution is 0.170. The third kappa shape index (κ3) is 3.28. The molecule has 2 N–H and O–H groups in total. The van der Waals surface area contributed by atoms with Gasteiger partial charge in [-0.1, -0.05) is 30.3 Å². The zero-order valence-electron chi connectivity index (χ0n) is 10.5. The largest absolute Gasteiger partial charge is 0.395 e. The molecule has 1 aliphatic heterocycles. The van der Waals surface area contributed by atoms with Gasteiger partial charge in [-0.3, -0.25) is 4.90 Å². The summed E-state index contributed by atoms with van der Waals surface area (Å²) in [5.41, 5.74) is 1.35. The van der Waals surface area contributed by atoms with E-state index in [0.717, 1.165) is 26.1 Å². The molecule has 2 unspecified atom stereocenters. The standard InChI is InChI=1S/C14H22N2O/c1-12(13-6-3-2-4-7-13)16-9-5-8-15-14(10-16)11-17/h2-4,6-7,12,14-15,17H,5,8-11H2,1H3. The molecule has 3 heteroatoms. The van der Waals surface area contributed by atoms with Crippen molar-refractivity contribution in [3.8, 4) is 0 Å². The minimum atomic E-state index is 0.212. The molecule has 0 amide bonds. The van der Waals surface area contributed by atoms with Crippen LogP contribution in [0.2, 0.25) is 0 Å². The van der Waals surface area contributed by atoms with Crippen molar-refractivity contribution in [3.63, 3.8) is 0 Å². The predicted octanol–water partition coefficient (Wildman–Crippen LogP) is 1.40. The summed E-state index contributed by atoms with van der Waals surface area (Å²) in [5.74, 6) is 0. The van der Waals surface area contributed by atoms with E-state index >= 15 is 0 Å². The van der Waals surface area contributed by atoms with Crippen LogP contribution < -0.4 is 5.32 Å². The van der Waals surface area contributed by atoms with Gasteiger partial charge >= 0.3 is 0 Å². The molecular formula is C14H22N2O. The van der Waals surface area contributed by atoms with E-state index in [0.29, 0.717) is 6.04 Å². The number of aliphatic hydroxyl groups excluding tert-OH is 1. The van der Waals surface area contributed by atoms with E-state index in [1.165, 1.54) is 5.56 Å². The summed E-state index contributed by atoms with van der Waals surface area (Å²) in [6.07, 6.45) is 1.15. The van der Waals surface area contributed by atoms with Crippen molar-refractivity contribution in [2.24, 2.45) is 0 Å². The number of hydrogen-bond acceptors (Lipinski definition) is 3. The second-order valence-electron chi connectivity index (χ2n) is 4.77. The van der Waals surface area contributed by atoms with Crippen LogP contribution in [0.1, 0.15) is 24.9 Å². The third-order valence-electron chi connectivity index (χ3n) is 3.56. The number of benzene rings is 1. The smallest absolute Gasteiger partial charge is 0.0597 e. The van der Waals surface area contributed by atoms with Gasteiger partial charge in [0.05, 0.1) is 6.61 Å². The van der Waals surface area contributed by atoms with Gasteiger partial charge < -0.3 is 10.4 Å². The Morgan fingerprint density at radius 3 is 2.88 bits per heavy atom. The Morgan fingerprint density at radius 1 is 1.41 bits per heavy atom. The van der Waals surface area contributed by atoms with Gasteiger partial charge in [0.25, 0.3) is 0 Å². The van der Waals surface area contributed by atoms with Gasteiger partial charge in [-0.2, -0.15) is 0 Å². The van der Waals surface area contributed by atoms with Crippen LogP contribution in [-0.2, 0) is 0 Å². The maximum Gasteiger partial charge on any atom is 0.0597 e. The molecule has 94 valence electrons. The van der Waals surface area contributed by atoms with E-state index < -0.39 is 0 Å². The van der Waals surface area contributed by atoms with E-state index in [9.17, 15) is 5.11 Å². The zero-order valence-corrected chi connectivity index (χ0v) is 10.5. The maximum atomic E-state index is 9.30.